The topological polar surface area (TPSA) is 78.5 Å². The summed E-state index contributed by atoms with van der Waals surface area (Å²) < 4.78 is 27.0. The molecule has 26 heavy (non-hydrogen) atoms. The summed E-state index contributed by atoms with van der Waals surface area (Å²) in [5, 5.41) is 4.44. The molecule has 0 radical (unpaired) electrons. The predicted molar refractivity (Wildman–Crippen MR) is 105 cm³/mol. The summed E-state index contributed by atoms with van der Waals surface area (Å²) in [6.07, 6.45) is 3.70. The molecule has 8 heteroatoms. The lowest BCUT2D eigenvalue weighted by atomic mass is 10.1. The van der Waals surface area contributed by atoms with Gasteiger partial charge in [0.2, 0.25) is 5.91 Å². The molecule has 1 saturated heterocycles. The van der Waals surface area contributed by atoms with E-state index in [-0.39, 0.29) is 4.21 Å². The summed E-state index contributed by atoms with van der Waals surface area (Å²) in [5.41, 5.74) is 1.80. The summed E-state index contributed by atoms with van der Waals surface area (Å²) in [4.78, 5) is 14.6. The van der Waals surface area contributed by atoms with Gasteiger partial charge in [-0.15, -0.1) is 11.3 Å². The van der Waals surface area contributed by atoms with Gasteiger partial charge in [0.1, 0.15) is 4.21 Å². The number of hydrogen-bond donors (Lipinski definition) is 2. The molecule has 0 saturated carbocycles. The molecule has 140 valence electrons. The number of anilines is 2. The first-order chi connectivity index (χ1) is 12.5. The molecule has 2 heterocycles. The molecule has 3 rings (SSSR count). The van der Waals surface area contributed by atoms with Gasteiger partial charge in [0.15, 0.2) is 0 Å². The van der Waals surface area contributed by atoms with Gasteiger partial charge in [0.25, 0.3) is 10.0 Å². The van der Waals surface area contributed by atoms with Crippen molar-refractivity contribution in [2.45, 2.75) is 36.4 Å². The first kappa shape index (κ1) is 18.9. The number of hydrogen-bond acceptors (Lipinski definition) is 5. The third-order valence-electron chi connectivity index (χ3n) is 4.34. The zero-order valence-electron chi connectivity index (χ0n) is 14.6. The minimum Gasteiger partial charge on any atom is -0.372 e. The first-order valence-electron chi connectivity index (χ1n) is 8.67. The van der Waals surface area contributed by atoms with Crippen molar-refractivity contribution in [1.82, 2.24) is 4.72 Å². The lowest BCUT2D eigenvalue weighted by Crippen LogP contribution is -2.41. The third-order valence-corrected chi connectivity index (χ3v) is 7.28. The molecule has 2 aromatic rings. The van der Waals surface area contributed by atoms with E-state index in [4.69, 9.17) is 0 Å². The number of rotatable bonds is 6. The van der Waals surface area contributed by atoms with Crippen LogP contribution < -0.4 is 14.9 Å². The fourth-order valence-corrected chi connectivity index (χ4v) is 5.13. The van der Waals surface area contributed by atoms with Crippen LogP contribution in [-0.4, -0.2) is 33.5 Å². The van der Waals surface area contributed by atoms with Crippen molar-refractivity contribution in [2.75, 3.05) is 23.3 Å². The number of benzene rings is 1. The summed E-state index contributed by atoms with van der Waals surface area (Å²) in [6, 6.07) is 9.97. The van der Waals surface area contributed by atoms with E-state index in [0.29, 0.717) is 5.69 Å². The number of thiophene rings is 1. The fraction of sp³-hybridized carbons (Fsp3) is 0.389. The van der Waals surface area contributed by atoms with Crippen LogP contribution in [0.3, 0.4) is 0 Å². The largest absolute Gasteiger partial charge is 0.372 e. The van der Waals surface area contributed by atoms with Crippen molar-refractivity contribution in [3.05, 3.63) is 41.8 Å². The smallest absolute Gasteiger partial charge is 0.250 e. The second-order valence-electron chi connectivity index (χ2n) is 6.36. The van der Waals surface area contributed by atoms with Gasteiger partial charge in [-0.3, -0.25) is 4.79 Å². The van der Waals surface area contributed by atoms with Crippen molar-refractivity contribution in [2.24, 2.45) is 0 Å². The molecule has 2 N–H and O–H groups in total. The maximum atomic E-state index is 12.3. The average molecular weight is 394 g/mol. The van der Waals surface area contributed by atoms with E-state index < -0.39 is 22.0 Å². The number of amides is 1. The monoisotopic (exact) mass is 393 g/mol. The molecule has 1 aliphatic rings. The third kappa shape index (κ3) is 4.63. The van der Waals surface area contributed by atoms with E-state index in [1.54, 1.807) is 11.4 Å². The van der Waals surface area contributed by atoms with Crippen LogP contribution in [0.1, 0.15) is 26.2 Å². The molecule has 1 unspecified atom stereocenters. The summed E-state index contributed by atoms with van der Waals surface area (Å²) in [6.45, 7) is 3.66. The van der Waals surface area contributed by atoms with Gasteiger partial charge >= 0.3 is 0 Å². The molecule has 1 aromatic heterocycles. The highest BCUT2D eigenvalue weighted by Gasteiger charge is 2.22. The standard InChI is InChI=1S/C18H23N3O3S2/c1-14(20-26(23,24)17-6-5-13-25-17)18(22)19-15-7-9-16(10-8-15)21-11-3-2-4-12-21/h5-10,13-14,20H,2-4,11-12H2,1H3,(H,19,22). The second-order valence-corrected chi connectivity index (χ2v) is 9.25. The molecule has 0 bridgehead atoms. The molecule has 6 nitrogen and oxygen atoms in total. The van der Waals surface area contributed by atoms with Gasteiger partial charge in [0, 0.05) is 24.5 Å². The van der Waals surface area contributed by atoms with Crippen LogP contribution in [0.2, 0.25) is 0 Å². The van der Waals surface area contributed by atoms with Gasteiger partial charge in [-0.2, -0.15) is 4.72 Å². The van der Waals surface area contributed by atoms with Gasteiger partial charge < -0.3 is 10.2 Å². The molecule has 1 aliphatic heterocycles. The Morgan fingerprint density at radius 3 is 2.42 bits per heavy atom. The van der Waals surface area contributed by atoms with Crippen molar-refractivity contribution in [1.29, 1.82) is 0 Å². The van der Waals surface area contributed by atoms with Gasteiger partial charge in [-0.25, -0.2) is 8.42 Å². The predicted octanol–water partition coefficient (Wildman–Crippen LogP) is 3.04. The highest BCUT2D eigenvalue weighted by molar-refractivity contribution is 7.91. The molecule has 1 fully saturated rings. The van der Waals surface area contributed by atoms with Crippen molar-refractivity contribution < 1.29 is 13.2 Å². The Hall–Kier alpha value is -1.90. The Morgan fingerprint density at radius 1 is 1.12 bits per heavy atom. The Balaban J connectivity index is 1.58. The van der Waals surface area contributed by atoms with Crippen LogP contribution in [0.15, 0.2) is 46.0 Å². The zero-order chi connectivity index (χ0) is 18.6. The van der Waals surface area contributed by atoms with Crippen molar-refractivity contribution in [3.63, 3.8) is 0 Å². The molecule has 1 atom stereocenters. The number of nitrogens with zero attached hydrogens (tertiary/aromatic N) is 1. The van der Waals surface area contributed by atoms with Crippen molar-refractivity contribution >= 4 is 38.6 Å². The first-order valence-corrected chi connectivity index (χ1v) is 11.0. The number of carbonyl (C=O) groups excluding carboxylic acids is 1. The van der Waals surface area contributed by atoms with Crippen LogP contribution in [0.5, 0.6) is 0 Å². The average Bonchev–Trinajstić information content (AvgIpc) is 3.18. The molecular weight excluding hydrogens is 370 g/mol. The maximum absolute atomic E-state index is 12.3. The lowest BCUT2D eigenvalue weighted by molar-refractivity contribution is -0.117. The van der Waals surface area contributed by atoms with Crippen LogP contribution >= 0.6 is 11.3 Å². The van der Waals surface area contributed by atoms with Crippen LogP contribution in [-0.2, 0) is 14.8 Å². The second kappa shape index (κ2) is 8.20. The van der Waals surface area contributed by atoms with E-state index in [2.05, 4.69) is 14.9 Å². The SMILES string of the molecule is CC(NS(=O)(=O)c1cccs1)C(=O)Nc1ccc(N2CCCCC2)cc1. The Kier molecular flexibility index (Phi) is 5.95. The van der Waals surface area contributed by atoms with Crippen LogP contribution in [0.25, 0.3) is 0 Å². The number of nitrogens with one attached hydrogen (secondary N) is 2. The molecular formula is C18H23N3O3S2. The molecule has 1 amide bonds. The molecule has 0 spiro atoms. The molecule has 1 aromatic carbocycles. The number of piperidine rings is 1. The van der Waals surface area contributed by atoms with Crippen molar-refractivity contribution in [3.8, 4) is 0 Å². The van der Waals surface area contributed by atoms with E-state index >= 15 is 0 Å². The van der Waals surface area contributed by atoms with Crippen LogP contribution in [0.4, 0.5) is 11.4 Å². The van der Waals surface area contributed by atoms with E-state index in [0.717, 1.165) is 30.1 Å². The summed E-state index contributed by atoms with van der Waals surface area (Å²) >= 11 is 1.12. The van der Waals surface area contributed by atoms with E-state index in [1.807, 2.05) is 24.3 Å². The number of carbonyl (C=O) groups is 1. The normalized spacial score (nSPS) is 16.3. The van der Waals surface area contributed by atoms with Gasteiger partial charge in [-0.05, 0) is 61.9 Å². The van der Waals surface area contributed by atoms with E-state index in [9.17, 15) is 13.2 Å². The quantitative estimate of drug-likeness (QED) is 0.791. The van der Waals surface area contributed by atoms with Gasteiger partial charge in [0.05, 0.1) is 6.04 Å². The zero-order valence-corrected chi connectivity index (χ0v) is 16.3. The lowest BCUT2D eigenvalue weighted by Gasteiger charge is -2.28. The van der Waals surface area contributed by atoms with Gasteiger partial charge in [-0.1, -0.05) is 6.07 Å². The Morgan fingerprint density at radius 2 is 1.81 bits per heavy atom. The Bertz CT molecular complexity index is 827. The highest BCUT2D eigenvalue weighted by atomic mass is 32.2. The summed E-state index contributed by atoms with van der Waals surface area (Å²) in [5.74, 6) is -0.393. The van der Waals surface area contributed by atoms with E-state index in [1.165, 1.54) is 32.3 Å². The molecule has 0 aliphatic carbocycles. The van der Waals surface area contributed by atoms with Crippen LogP contribution in [0, 0.1) is 0 Å². The fourth-order valence-electron chi connectivity index (χ4n) is 2.92. The maximum Gasteiger partial charge on any atom is 0.250 e. The number of sulfonamides is 1. The minimum atomic E-state index is -3.67. The minimum absolute atomic E-state index is 0.197. The highest BCUT2D eigenvalue weighted by Crippen LogP contribution is 2.22. The summed E-state index contributed by atoms with van der Waals surface area (Å²) in [7, 11) is -3.67. The Labute approximate surface area is 158 Å².